The van der Waals surface area contributed by atoms with Crippen LogP contribution in [0.25, 0.3) is 5.57 Å². The smallest absolute Gasteiger partial charge is 0.0446 e. The first kappa shape index (κ1) is 26.1. The number of benzene rings is 2. The van der Waals surface area contributed by atoms with Crippen LogP contribution < -0.4 is 0 Å². The highest BCUT2D eigenvalue weighted by molar-refractivity contribution is 5.94. The van der Waals surface area contributed by atoms with E-state index in [-0.39, 0.29) is 0 Å². The maximum Gasteiger partial charge on any atom is 0.111 e. The van der Waals surface area contributed by atoms with Crippen LogP contribution in [0.1, 0.15) is 101 Å². The van der Waals surface area contributed by atoms with E-state index in [1.807, 2.05) is 0 Å². The Kier molecular flexibility index (Phi) is 6.88. The minimum atomic E-state index is 1.42. The van der Waals surface area contributed by atoms with Crippen molar-refractivity contribution in [1.29, 1.82) is 0 Å². The first-order valence-electron chi connectivity index (χ1n) is 12.8. The molecule has 0 spiro atoms. The van der Waals surface area contributed by atoms with E-state index in [0.717, 1.165) is 0 Å². The maximum atomic E-state index is 2.33. The first-order valence-corrected chi connectivity index (χ1v) is 12.8. The van der Waals surface area contributed by atoms with Crippen LogP contribution in [-0.4, -0.2) is 0 Å². The van der Waals surface area contributed by atoms with Gasteiger partial charge in [-0.25, -0.2) is 0 Å². The molecule has 0 radical (unpaired) electrons. The lowest BCUT2D eigenvalue weighted by Crippen LogP contribution is -2.16. The second kappa shape index (κ2) is 8.95. The quantitative estimate of drug-likeness (QED) is 0.397. The van der Waals surface area contributed by atoms with Crippen molar-refractivity contribution in [3.05, 3.63) is 101 Å². The zero-order valence-electron chi connectivity index (χ0n) is 24.5. The van der Waals surface area contributed by atoms with E-state index in [0.29, 0.717) is 0 Å². The molecule has 2 aromatic carbocycles. The lowest BCUT2D eigenvalue weighted by atomic mass is 9.70. The normalized spacial score (nSPS) is 14.6. The number of hydrogen-bond acceptors (Lipinski definition) is 0. The fourth-order valence-electron chi connectivity index (χ4n) is 6.00. The molecule has 0 aromatic heterocycles. The van der Waals surface area contributed by atoms with Crippen LogP contribution in [0.2, 0.25) is 0 Å². The predicted octanol–water partition coefficient (Wildman–Crippen LogP) is 9.85. The number of rotatable bonds is 2. The molecule has 1 aliphatic carbocycles. The standard InChI is InChI=1S/C34H45/c1-16-19(4)25(10)31(26(11)20(16)5)34(32-27(12)21(6)17(2)22(7)28(32)13)33-29(14)23(8)18(3)24(9)30(33)15/h1-15H3/q+1. The minimum Gasteiger partial charge on any atom is -0.0446 e. The minimum absolute atomic E-state index is 1.42. The molecule has 0 aliphatic heterocycles. The summed E-state index contributed by atoms with van der Waals surface area (Å²) in [6.45, 7) is 34.6. The monoisotopic (exact) mass is 453 g/mol. The van der Waals surface area contributed by atoms with Gasteiger partial charge in [0.15, 0.2) is 0 Å². The molecular formula is C34H45+. The summed E-state index contributed by atoms with van der Waals surface area (Å²) in [5.41, 5.74) is 25.6. The summed E-state index contributed by atoms with van der Waals surface area (Å²) in [5.74, 6) is 1.42. The van der Waals surface area contributed by atoms with Gasteiger partial charge in [-0.05, 0) is 159 Å². The predicted molar refractivity (Wildman–Crippen MR) is 152 cm³/mol. The Morgan fingerprint density at radius 3 is 1.00 bits per heavy atom. The van der Waals surface area contributed by atoms with Crippen LogP contribution >= 0.6 is 0 Å². The Morgan fingerprint density at radius 2 is 0.676 bits per heavy atom. The molecule has 2 aromatic rings. The van der Waals surface area contributed by atoms with Gasteiger partial charge in [0, 0.05) is 39.3 Å². The highest BCUT2D eigenvalue weighted by Crippen LogP contribution is 2.48. The fraction of sp³-hybridized carbons (Fsp3) is 0.441. The van der Waals surface area contributed by atoms with Gasteiger partial charge in [-0.2, -0.15) is 0 Å². The highest BCUT2D eigenvalue weighted by atomic mass is 14.3. The van der Waals surface area contributed by atoms with E-state index in [1.165, 1.54) is 106 Å². The molecule has 0 heteroatoms. The zero-order valence-corrected chi connectivity index (χ0v) is 24.5. The molecule has 0 bridgehead atoms. The summed E-state index contributed by atoms with van der Waals surface area (Å²) >= 11 is 0. The topological polar surface area (TPSA) is 0 Å². The third-order valence-electron chi connectivity index (χ3n) is 9.75. The lowest BCUT2D eigenvalue weighted by molar-refractivity contribution is 1.02. The van der Waals surface area contributed by atoms with E-state index in [9.17, 15) is 0 Å². The van der Waals surface area contributed by atoms with Gasteiger partial charge in [0.25, 0.3) is 0 Å². The van der Waals surface area contributed by atoms with Crippen LogP contribution in [0.3, 0.4) is 0 Å². The van der Waals surface area contributed by atoms with Crippen LogP contribution in [0.5, 0.6) is 0 Å². The van der Waals surface area contributed by atoms with Crippen molar-refractivity contribution in [1.82, 2.24) is 0 Å². The van der Waals surface area contributed by atoms with Crippen LogP contribution in [0.15, 0.2) is 27.9 Å². The molecule has 180 valence electrons. The van der Waals surface area contributed by atoms with Crippen LogP contribution in [-0.2, 0) is 0 Å². The Bertz CT molecular complexity index is 1190. The zero-order chi connectivity index (χ0) is 26.0. The summed E-state index contributed by atoms with van der Waals surface area (Å²) in [6.07, 6.45) is 0. The number of hydrogen-bond donors (Lipinski definition) is 0. The lowest BCUT2D eigenvalue weighted by Gasteiger charge is -2.28. The van der Waals surface area contributed by atoms with Crippen molar-refractivity contribution < 1.29 is 0 Å². The van der Waals surface area contributed by atoms with Crippen molar-refractivity contribution in [2.75, 3.05) is 0 Å². The van der Waals surface area contributed by atoms with Crippen molar-refractivity contribution in [2.45, 2.75) is 104 Å². The highest BCUT2D eigenvalue weighted by Gasteiger charge is 2.37. The summed E-state index contributed by atoms with van der Waals surface area (Å²) in [4.78, 5) is 0. The van der Waals surface area contributed by atoms with Gasteiger partial charge < -0.3 is 0 Å². The fourth-order valence-corrected chi connectivity index (χ4v) is 6.00. The van der Waals surface area contributed by atoms with Crippen LogP contribution in [0.4, 0.5) is 0 Å². The number of allylic oxidation sites excluding steroid dienone is 5. The molecule has 3 rings (SSSR count). The molecule has 0 heterocycles. The Morgan fingerprint density at radius 1 is 0.382 bits per heavy atom. The van der Waals surface area contributed by atoms with E-state index in [1.54, 1.807) is 0 Å². The summed E-state index contributed by atoms with van der Waals surface area (Å²) < 4.78 is 0. The van der Waals surface area contributed by atoms with Crippen molar-refractivity contribution >= 4 is 5.57 Å². The summed E-state index contributed by atoms with van der Waals surface area (Å²) in [5, 5.41) is 0. The second-order valence-corrected chi connectivity index (χ2v) is 10.9. The molecule has 0 atom stereocenters. The van der Waals surface area contributed by atoms with E-state index >= 15 is 0 Å². The largest absolute Gasteiger partial charge is 0.111 e. The third kappa shape index (κ3) is 3.62. The molecule has 0 fully saturated rings. The Hall–Kier alpha value is -2.47. The summed E-state index contributed by atoms with van der Waals surface area (Å²) in [6, 6.07) is 0. The molecule has 0 saturated heterocycles. The van der Waals surface area contributed by atoms with Gasteiger partial charge in [-0.3, -0.25) is 0 Å². The molecule has 0 amide bonds. The molecule has 1 aliphatic rings. The first-order chi connectivity index (χ1) is 15.7. The van der Waals surface area contributed by atoms with Crippen LogP contribution in [0, 0.1) is 75.2 Å². The van der Waals surface area contributed by atoms with Gasteiger partial charge in [0.05, 0.1) is 5.57 Å². The SMILES string of the molecule is CC1=C(C)C(=C(c2c(C)c(C)c(C)c(C)c2C)c2c(C)c(C)c(C)c(C)c2C)[C+](C)C(C)=C1C. The van der Waals surface area contributed by atoms with Crippen molar-refractivity contribution in [3.63, 3.8) is 0 Å². The average molecular weight is 454 g/mol. The second-order valence-electron chi connectivity index (χ2n) is 10.9. The Balaban J connectivity index is 2.72. The van der Waals surface area contributed by atoms with Crippen molar-refractivity contribution in [2.24, 2.45) is 0 Å². The van der Waals surface area contributed by atoms with Crippen molar-refractivity contribution in [3.8, 4) is 0 Å². The molecule has 0 saturated carbocycles. The van der Waals surface area contributed by atoms with E-state index in [4.69, 9.17) is 0 Å². The van der Waals surface area contributed by atoms with Gasteiger partial charge in [0.1, 0.15) is 5.57 Å². The average Bonchev–Trinajstić information content (AvgIpc) is 2.81. The van der Waals surface area contributed by atoms with Gasteiger partial charge >= 0.3 is 0 Å². The molecule has 0 nitrogen and oxygen atoms in total. The third-order valence-corrected chi connectivity index (χ3v) is 9.75. The van der Waals surface area contributed by atoms with Gasteiger partial charge in [-0.1, -0.05) is 0 Å². The Labute approximate surface area is 209 Å². The molecule has 34 heavy (non-hydrogen) atoms. The molecule has 0 N–H and O–H groups in total. The van der Waals surface area contributed by atoms with E-state index in [2.05, 4.69) is 104 Å². The van der Waals surface area contributed by atoms with Gasteiger partial charge in [0.2, 0.25) is 0 Å². The molecule has 0 unspecified atom stereocenters. The maximum absolute atomic E-state index is 2.33. The van der Waals surface area contributed by atoms with Gasteiger partial charge in [-0.15, -0.1) is 0 Å². The summed E-state index contributed by atoms with van der Waals surface area (Å²) in [7, 11) is 0. The van der Waals surface area contributed by atoms with E-state index < -0.39 is 0 Å². The molecular weight excluding hydrogens is 408 g/mol.